The van der Waals surface area contributed by atoms with Gasteiger partial charge in [-0.15, -0.1) is 0 Å². The number of nitrogens with zero attached hydrogens (tertiary/aromatic N) is 5. The van der Waals surface area contributed by atoms with Gasteiger partial charge in [0.1, 0.15) is 11.6 Å². The summed E-state index contributed by atoms with van der Waals surface area (Å²) in [6.07, 6.45) is 4.95. The van der Waals surface area contributed by atoms with E-state index in [1.54, 1.807) is 11.8 Å². The average molecular weight is 525 g/mol. The van der Waals surface area contributed by atoms with Crippen LogP contribution in [0.5, 0.6) is 5.75 Å². The second-order valence-electron chi connectivity index (χ2n) is 8.92. The number of aromatic nitrogens is 4. The van der Waals surface area contributed by atoms with Crippen LogP contribution in [0.15, 0.2) is 42.7 Å². The molecule has 0 radical (unpaired) electrons. The third-order valence-corrected chi connectivity index (χ3v) is 6.78. The van der Waals surface area contributed by atoms with E-state index in [1.807, 2.05) is 31.4 Å². The van der Waals surface area contributed by atoms with Crippen LogP contribution >= 0.6 is 11.6 Å². The highest BCUT2D eigenvalue weighted by molar-refractivity contribution is 6.32. The van der Waals surface area contributed by atoms with Crippen LogP contribution in [0.1, 0.15) is 28.8 Å². The average Bonchev–Trinajstić information content (AvgIpc) is 3.27. The molecule has 3 heterocycles. The number of carbonyl (C=O) groups excluding carboxylic acids is 1. The van der Waals surface area contributed by atoms with Crippen molar-refractivity contribution in [2.24, 2.45) is 12.8 Å². The fourth-order valence-electron chi connectivity index (χ4n) is 4.62. The first kappa shape index (κ1) is 24.9. The van der Waals surface area contributed by atoms with Gasteiger partial charge in [-0.25, -0.2) is 14.4 Å². The fraction of sp³-hybridized carbons (Fsp3) is 0.308. The van der Waals surface area contributed by atoms with Crippen molar-refractivity contribution in [1.82, 2.24) is 19.7 Å². The SMILES string of the molecule is COc1ccc(-c2nn(C)cc2CN(c2ncc3c(F)cc(C(N)=O)cc3n2)C2CCOCC2)cc1Cl. The predicted octanol–water partition coefficient (Wildman–Crippen LogP) is 4.12. The molecule has 0 aliphatic carbocycles. The van der Waals surface area contributed by atoms with Crippen molar-refractivity contribution in [2.75, 3.05) is 25.2 Å². The Hall–Kier alpha value is -3.76. The van der Waals surface area contributed by atoms with Crippen LogP contribution in [-0.4, -0.2) is 52.0 Å². The molecule has 1 aliphatic heterocycles. The third-order valence-electron chi connectivity index (χ3n) is 6.48. The summed E-state index contributed by atoms with van der Waals surface area (Å²) in [6.45, 7) is 1.67. The highest BCUT2D eigenvalue weighted by Crippen LogP contribution is 2.33. The van der Waals surface area contributed by atoms with Gasteiger partial charge < -0.3 is 20.1 Å². The second-order valence-corrected chi connectivity index (χ2v) is 9.33. The monoisotopic (exact) mass is 524 g/mol. The molecule has 2 N–H and O–H groups in total. The summed E-state index contributed by atoms with van der Waals surface area (Å²) in [4.78, 5) is 23.0. The molecule has 0 saturated carbocycles. The zero-order chi connectivity index (χ0) is 26.1. The van der Waals surface area contributed by atoms with Crippen LogP contribution in [0.4, 0.5) is 10.3 Å². The van der Waals surface area contributed by atoms with Crippen molar-refractivity contribution in [3.05, 3.63) is 64.7 Å². The number of rotatable bonds is 7. The Morgan fingerprint density at radius 3 is 2.78 bits per heavy atom. The first-order chi connectivity index (χ1) is 17.8. The number of fused-ring (bicyclic) bond motifs is 1. The number of halogens is 2. The van der Waals surface area contributed by atoms with Gasteiger partial charge in [-0.2, -0.15) is 5.10 Å². The molecule has 192 valence electrons. The van der Waals surface area contributed by atoms with Gasteiger partial charge in [-0.3, -0.25) is 9.48 Å². The number of nitrogens with two attached hydrogens (primary N) is 1. The number of hydrogen-bond donors (Lipinski definition) is 1. The maximum Gasteiger partial charge on any atom is 0.248 e. The molecule has 9 nitrogen and oxygen atoms in total. The van der Waals surface area contributed by atoms with Gasteiger partial charge >= 0.3 is 0 Å². The Labute approximate surface area is 218 Å². The van der Waals surface area contributed by atoms with Gasteiger partial charge in [0, 0.05) is 61.9 Å². The smallest absolute Gasteiger partial charge is 0.248 e. The molecule has 2 aromatic heterocycles. The molecule has 1 amide bonds. The van der Waals surface area contributed by atoms with Gasteiger partial charge in [0.2, 0.25) is 11.9 Å². The van der Waals surface area contributed by atoms with Crippen LogP contribution < -0.4 is 15.4 Å². The zero-order valence-electron chi connectivity index (χ0n) is 20.4. The lowest BCUT2D eigenvalue weighted by atomic mass is 10.0. The molecular formula is C26H26ClFN6O3. The van der Waals surface area contributed by atoms with Crippen LogP contribution in [0.3, 0.4) is 0 Å². The Morgan fingerprint density at radius 1 is 1.30 bits per heavy atom. The number of ether oxygens (including phenoxy) is 2. The van der Waals surface area contributed by atoms with Crippen molar-refractivity contribution in [3.63, 3.8) is 0 Å². The maximum absolute atomic E-state index is 14.6. The summed E-state index contributed by atoms with van der Waals surface area (Å²) in [5, 5.41) is 5.39. The molecular weight excluding hydrogens is 499 g/mol. The summed E-state index contributed by atoms with van der Waals surface area (Å²) in [6, 6.07) is 8.23. The van der Waals surface area contributed by atoms with Gasteiger partial charge in [-0.1, -0.05) is 11.6 Å². The van der Waals surface area contributed by atoms with E-state index in [2.05, 4.69) is 20.0 Å². The Balaban J connectivity index is 1.57. The standard InChI is InChI=1S/C26H26ClFN6O3/c1-33-13-17(24(32-33)15-3-4-23(36-2)20(27)9-15)14-34(18-5-7-37-8-6-18)26-30-12-19-21(28)10-16(25(29)35)11-22(19)31-26/h3-4,9-13,18H,5-8,14H2,1-2H3,(H2,29,35). The molecule has 1 fully saturated rings. The number of amides is 1. The van der Waals surface area contributed by atoms with Gasteiger partial charge in [0.05, 0.1) is 28.7 Å². The second kappa shape index (κ2) is 10.3. The topological polar surface area (TPSA) is 108 Å². The number of hydrogen-bond acceptors (Lipinski definition) is 7. The number of anilines is 1. The van der Waals surface area contributed by atoms with Gasteiger partial charge in [0.15, 0.2) is 0 Å². The minimum absolute atomic E-state index is 0.0539. The highest BCUT2D eigenvalue weighted by atomic mass is 35.5. The lowest BCUT2D eigenvalue weighted by Gasteiger charge is -2.34. The minimum Gasteiger partial charge on any atom is -0.495 e. The largest absolute Gasteiger partial charge is 0.495 e. The summed E-state index contributed by atoms with van der Waals surface area (Å²) in [7, 11) is 3.43. The molecule has 0 atom stereocenters. The van der Waals surface area contributed by atoms with E-state index in [9.17, 15) is 9.18 Å². The summed E-state index contributed by atoms with van der Waals surface area (Å²) >= 11 is 6.40. The van der Waals surface area contributed by atoms with Gasteiger partial charge in [-0.05, 0) is 43.2 Å². The number of benzene rings is 2. The van der Waals surface area contributed by atoms with Crippen LogP contribution in [0.2, 0.25) is 5.02 Å². The van der Waals surface area contributed by atoms with E-state index in [0.717, 1.165) is 35.7 Å². The quantitative estimate of drug-likeness (QED) is 0.387. The van der Waals surface area contributed by atoms with Crippen LogP contribution in [-0.2, 0) is 18.3 Å². The predicted molar refractivity (Wildman–Crippen MR) is 138 cm³/mol. The van der Waals surface area contributed by atoms with Crippen molar-refractivity contribution >= 4 is 34.4 Å². The fourth-order valence-corrected chi connectivity index (χ4v) is 4.87. The lowest BCUT2D eigenvalue weighted by molar-refractivity contribution is 0.0838. The van der Waals surface area contributed by atoms with Gasteiger partial charge in [0.25, 0.3) is 0 Å². The zero-order valence-corrected chi connectivity index (χ0v) is 21.2. The number of aryl methyl sites for hydroxylation is 1. The number of methoxy groups -OCH3 is 1. The van der Waals surface area contributed by atoms with E-state index in [4.69, 9.17) is 26.8 Å². The lowest BCUT2D eigenvalue weighted by Crippen LogP contribution is -2.40. The molecule has 5 rings (SSSR count). The highest BCUT2D eigenvalue weighted by Gasteiger charge is 2.27. The molecule has 0 unspecified atom stereocenters. The Morgan fingerprint density at radius 2 is 2.08 bits per heavy atom. The molecule has 2 aromatic carbocycles. The van der Waals surface area contributed by atoms with Crippen molar-refractivity contribution in [3.8, 4) is 17.0 Å². The first-order valence-electron chi connectivity index (χ1n) is 11.8. The van der Waals surface area contributed by atoms with Crippen LogP contribution in [0, 0.1) is 5.82 Å². The van der Waals surface area contributed by atoms with E-state index in [1.165, 1.54) is 12.3 Å². The first-order valence-corrected chi connectivity index (χ1v) is 12.2. The molecule has 37 heavy (non-hydrogen) atoms. The van der Waals surface area contributed by atoms with E-state index < -0.39 is 11.7 Å². The van der Waals surface area contributed by atoms with Crippen molar-refractivity contribution < 1.29 is 18.7 Å². The summed E-state index contributed by atoms with van der Waals surface area (Å²) in [5.41, 5.74) is 8.32. The molecule has 11 heteroatoms. The summed E-state index contributed by atoms with van der Waals surface area (Å²) < 4.78 is 27.2. The van der Waals surface area contributed by atoms with Crippen molar-refractivity contribution in [1.29, 1.82) is 0 Å². The summed E-state index contributed by atoms with van der Waals surface area (Å²) in [5.74, 6) is -0.316. The molecule has 1 aliphatic rings. The molecule has 0 bridgehead atoms. The van der Waals surface area contributed by atoms with E-state index >= 15 is 0 Å². The Kier molecular flexibility index (Phi) is 6.94. The van der Waals surface area contributed by atoms with Crippen molar-refractivity contribution in [2.45, 2.75) is 25.4 Å². The maximum atomic E-state index is 14.6. The number of carbonyl (C=O) groups is 1. The molecule has 1 saturated heterocycles. The normalized spacial score (nSPS) is 14.2. The third kappa shape index (κ3) is 5.07. The number of primary amides is 1. The molecule has 0 spiro atoms. The van der Waals surface area contributed by atoms with Crippen LogP contribution in [0.25, 0.3) is 22.2 Å². The Bertz CT molecular complexity index is 1470. The minimum atomic E-state index is -0.722. The van der Waals surface area contributed by atoms with E-state index in [0.29, 0.717) is 42.0 Å². The molecule has 4 aromatic rings. The van der Waals surface area contributed by atoms with E-state index in [-0.39, 0.29) is 17.0 Å².